The second-order valence-electron chi connectivity index (χ2n) is 9.03. The largest absolute Gasteiger partial charge is 0.369 e. The van der Waals surface area contributed by atoms with Crippen molar-refractivity contribution in [1.29, 1.82) is 0 Å². The van der Waals surface area contributed by atoms with Crippen LogP contribution in [0.2, 0.25) is 0 Å². The Morgan fingerprint density at radius 2 is 1.67 bits per heavy atom. The molecule has 3 aliphatic rings. The van der Waals surface area contributed by atoms with Gasteiger partial charge in [-0.15, -0.1) is 0 Å². The summed E-state index contributed by atoms with van der Waals surface area (Å²) in [5.41, 5.74) is 2.52. The average Bonchev–Trinajstić information content (AvgIpc) is 2.84. The number of amides is 1. The van der Waals surface area contributed by atoms with Crippen LogP contribution in [0.3, 0.4) is 0 Å². The van der Waals surface area contributed by atoms with E-state index in [4.69, 9.17) is 0 Å². The Morgan fingerprint density at radius 1 is 0.867 bits per heavy atom. The normalized spacial score (nSPS) is 24.3. The highest BCUT2D eigenvalue weighted by atomic mass is 16.2. The number of piperazine rings is 1. The first kappa shape index (κ1) is 19.7. The lowest BCUT2D eigenvalue weighted by molar-refractivity contribution is -0.138. The van der Waals surface area contributed by atoms with Crippen LogP contribution in [0, 0.1) is 5.92 Å². The zero-order valence-electron chi connectivity index (χ0n) is 17.7. The molecule has 1 amide bonds. The minimum atomic E-state index is 0.0811. The molecule has 0 N–H and O–H groups in total. The van der Waals surface area contributed by atoms with E-state index in [1.807, 2.05) is 12.3 Å². The van der Waals surface area contributed by atoms with Gasteiger partial charge in [0.25, 0.3) is 0 Å². The van der Waals surface area contributed by atoms with E-state index in [0.29, 0.717) is 11.6 Å². The third-order valence-corrected chi connectivity index (χ3v) is 7.16. The summed E-state index contributed by atoms with van der Waals surface area (Å²) in [4.78, 5) is 33.4. The van der Waals surface area contributed by atoms with Crippen molar-refractivity contribution in [3.05, 3.63) is 24.7 Å². The highest BCUT2D eigenvalue weighted by molar-refractivity contribution is 5.80. The van der Waals surface area contributed by atoms with Crippen molar-refractivity contribution in [3.63, 3.8) is 0 Å². The Balaban J connectivity index is 1.20. The molecular weight excluding hydrogens is 376 g/mol. The van der Waals surface area contributed by atoms with Crippen molar-refractivity contribution >= 4 is 22.8 Å². The number of nitrogens with zero attached hydrogens (tertiary/aromatic N) is 6. The summed E-state index contributed by atoms with van der Waals surface area (Å²) in [6.07, 6.45) is 14.1. The molecule has 0 unspecified atom stereocenters. The van der Waals surface area contributed by atoms with Gasteiger partial charge in [-0.3, -0.25) is 14.7 Å². The number of carbonyl (C=O) groups is 1. The molecule has 0 spiro atoms. The molecule has 4 heterocycles. The Hall–Kier alpha value is -2.28. The summed E-state index contributed by atoms with van der Waals surface area (Å²) in [6, 6.07) is 2.80. The van der Waals surface area contributed by atoms with Crippen LogP contribution in [0.5, 0.6) is 0 Å². The smallest absolute Gasteiger partial charge is 0.227 e. The number of aromatic nitrogens is 3. The molecule has 2 aliphatic heterocycles. The second kappa shape index (κ2) is 8.84. The topological polar surface area (TPSA) is 65.5 Å². The van der Waals surface area contributed by atoms with Crippen molar-refractivity contribution in [2.45, 2.75) is 51.0 Å². The van der Waals surface area contributed by atoms with E-state index in [2.05, 4.69) is 29.7 Å². The summed E-state index contributed by atoms with van der Waals surface area (Å²) < 4.78 is 0. The molecular formula is C23H32N6O. The molecule has 1 atom stereocenters. The Kier molecular flexibility index (Phi) is 5.79. The first-order valence-electron chi connectivity index (χ1n) is 11.6. The van der Waals surface area contributed by atoms with Crippen LogP contribution in [-0.4, -0.2) is 76.0 Å². The fraction of sp³-hybridized carbons (Fsp3) is 0.652. The summed E-state index contributed by atoms with van der Waals surface area (Å²) in [6.45, 7) is 5.60. The van der Waals surface area contributed by atoms with Gasteiger partial charge in [-0.25, -0.2) is 9.97 Å². The van der Waals surface area contributed by atoms with Crippen LogP contribution in [-0.2, 0) is 4.79 Å². The molecule has 2 aromatic rings. The van der Waals surface area contributed by atoms with Crippen molar-refractivity contribution in [2.24, 2.45) is 5.92 Å². The minimum Gasteiger partial charge on any atom is -0.369 e. The van der Waals surface area contributed by atoms with Gasteiger partial charge in [0, 0.05) is 57.7 Å². The van der Waals surface area contributed by atoms with Gasteiger partial charge in [0.2, 0.25) is 5.91 Å². The molecule has 30 heavy (non-hydrogen) atoms. The Bertz CT molecular complexity index is 875. The van der Waals surface area contributed by atoms with Crippen molar-refractivity contribution in [1.82, 2.24) is 24.8 Å². The monoisotopic (exact) mass is 408 g/mol. The number of fused-ring (bicyclic) bond motifs is 1. The van der Waals surface area contributed by atoms with Gasteiger partial charge in [-0.2, -0.15) is 0 Å². The second-order valence-corrected chi connectivity index (χ2v) is 9.03. The zero-order chi connectivity index (χ0) is 20.3. The maximum Gasteiger partial charge on any atom is 0.227 e. The number of anilines is 1. The van der Waals surface area contributed by atoms with Crippen molar-refractivity contribution in [3.8, 4) is 0 Å². The number of piperidine rings is 1. The average molecular weight is 409 g/mol. The van der Waals surface area contributed by atoms with Crippen LogP contribution >= 0.6 is 0 Å². The molecule has 0 bridgehead atoms. The first-order valence-corrected chi connectivity index (χ1v) is 11.6. The van der Waals surface area contributed by atoms with Crippen LogP contribution in [0.25, 0.3) is 11.2 Å². The number of rotatable bonds is 3. The lowest BCUT2D eigenvalue weighted by Crippen LogP contribution is -2.54. The molecule has 3 fully saturated rings. The summed E-state index contributed by atoms with van der Waals surface area (Å²) >= 11 is 0. The highest BCUT2D eigenvalue weighted by Crippen LogP contribution is 2.27. The number of hydrogen-bond acceptors (Lipinski definition) is 6. The lowest BCUT2D eigenvalue weighted by atomic mass is 9.93. The number of carbonyl (C=O) groups excluding carboxylic acids is 1. The maximum atomic E-state index is 13.3. The molecule has 1 aliphatic carbocycles. The molecule has 7 nitrogen and oxygen atoms in total. The van der Waals surface area contributed by atoms with Crippen molar-refractivity contribution in [2.75, 3.05) is 44.2 Å². The van der Waals surface area contributed by atoms with E-state index in [0.717, 1.165) is 69.4 Å². The van der Waals surface area contributed by atoms with Crippen LogP contribution in [0.1, 0.15) is 44.9 Å². The van der Waals surface area contributed by atoms with E-state index in [-0.39, 0.29) is 5.92 Å². The van der Waals surface area contributed by atoms with Gasteiger partial charge < -0.3 is 9.80 Å². The first-order chi connectivity index (χ1) is 14.8. The fourth-order valence-electron chi connectivity index (χ4n) is 5.45. The van der Waals surface area contributed by atoms with Gasteiger partial charge >= 0.3 is 0 Å². The maximum absolute atomic E-state index is 13.3. The van der Waals surface area contributed by atoms with E-state index in [1.54, 1.807) is 12.4 Å². The molecule has 2 aromatic heterocycles. The van der Waals surface area contributed by atoms with Gasteiger partial charge in [-0.1, -0.05) is 19.3 Å². The van der Waals surface area contributed by atoms with Gasteiger partial charge in [0.15, 0.2) is 5.65 Å². The Labute approximate surface area is 178 Å². The van der Waals surface area contributed by atoms with E-state index in [1.165, 1.54) is 32.1 Å². The molecule has 160 valence electrons. The SMILES string of the molecule is O=C([C@@H]1CCCN(c2cnc3nccnc3c2)C1)N1CCN(C2CCCCC2)CC1. The van der Waals surface area contributed by atoms with E-state index in [9.17, 15) is 4.79 Å². The predicted octanol–water partition coefficient (Wildman–Crippen LogP) is 2.72. The standard InChI is InChI=1S/C23H32N6O/c30-23(28-13-11-27(12-14-28)19-6-2-1-3-7-19)18-5-4-10-29(17-18)20-15-21-22(26-16-20)25-9-8-24-21/h8-9,15-16,18-19H,1-7,10-14,17H2/t18-/m1/s1. The number of hydrogen-bond donors (Lipinski definition) is 0. The molecule has 5 rings (SSSR count). The summed E-state index contributed by atoms with van der Waals surface area (Å²) in [5, 5.41) is 0. The van der Waals surface area contributed by atoms with Crippen LogP contribution in [0.4, 0.5) is 5.69 Å². The summed E-state index contributed by atoms with van der Waals surface area (Å²) in [5.74, 6) is 0.425. The van der Waals surface area contributed by atoms with E-state index >= 15 is 0 Å². The zero-order valence-corrected chi connectivity index (χ0v) is 17.7. The summed E-state index contributed by atoms with van der Waals surface area (Å²) in [7, 11) is 0. The lowest BCUT2D eigenvalue weighted by Gasteiger charge is -2.42. The van der Waals surface area contributed by atoms with Gasteiger partial charge in [0.1, 0.15) is 5.52 Å². The van der Waals surface area contributed by atoms with Gasteiger partial charge in [-0.05, 0) is 31.7 Å². The molecule has 2 saturated heterocycles. The fourth-order valence-corrected chi connectivity index (χ4v) is 5.45. The van der Waals surface area contributed by atoms with Crippen LogP contribution < -0.4 is 4.90 Å². The number of pyridine rings is 1. The minimum absolute atomic E-state index is 0.0811. The van der Waals surface area contributed by atoms with E-state index < -0.39 is 0 Å². The van der Waals surface area contributed by atoms with Gasteiger partial charge in [0.05, 0.1) is 17.8 Å². The predicted molar refractivity (Wildman–Crippen MR) is 117 cm³/mol. The highest BCUT2D eigenvalue weighted by Gasteiger charge is 2.32. The third kappa shape index (κ3) is 4.13. The molecule has 0 radical (unpaired) electrons. The van der Waals surface area contributed by atoms with Crippen LogP contribution in [0.15, 0.2) is 24.7 Å². The quantitative estimate of drug-likeness (QED) is 0.778. The third-order valence-electron chi connectivity index (χ3n) is 7.16. The van der Waals surface area contributed by atoms with Crippen molar-refractivity contribution < 1.29 is 4.79 Å². The Morgan fingerprint density at radius 3 is 2.50 bits per heavy atom. The molecule has 1 saturated carbocycles. The molecule has 0 aromatic carbocycles. The molecule has 7 heteroatoms.